The number of hydrogen-bond acceptors (Lipinski definition) is 2. The van der Waals surface area contributed by atoms with Crippen LogP contribution in [0.2, 0.25) is 0 Å². The van der Waals surface area contributed by atoms with Crippen molar-refractivity contribution in [2.75, 3.05) is 5.32 Å². The molecule has 0 aliphatic carbocycles. The molecule has 2 rings (SSSR count). The molecule has 0 bridgehead atoms. The number of carbonyl (C=O) groups is 1. The molecule has 0 aliphatic rings. The molecular formula is C15H12N2O. The van der Waals surface area contributed by atoms with Crippen molar-refractivity contribution in [1.29, 1.82) is 5.26 Å². The highest BCUT2D eigenvalue weighted by Crippen LogP contribution is 2.28. The average Bonchev–Trinajstić information content (AvgIpc) is 2.39. The molecule has 0 fully saturated rings. The Balaban J connectivity index is 2.55. The fraction of sp³-hybridized carbons (Fsp3) is 0.0667. The van der Waals surface area contributed by atoms with Gasteiger partial charge in [-0.15, -0.1) is 0 Å². The van der Waals surface area contributed by atoms with Crippen molar-refractivity contribution < 1.29 is 4.79 Å². The minimum absolute atomic E-state index is 0.128. The van der Waals surface area contributed by atoms with Gasteiger partial charge in [0, 0.05) is 18.2 Å². The van der Waals surface area contributed by atoms with Crippen LogP contribution in [0.25, 0.3) is 11.1 Å². The minimum Gasteiger partial charge on any atom is -0.326 e. The molecule has 0 radical (unpaired) electrons. The van der Waals surface area contributed by atoms with E-state index in [9.17, 15) is 4.79 Å². The molecule has 18 heavy (non-hydrogen) atoms. The number of amides is 1. The van der Waals surface area contributed by atoms with Crippen molar-refractivity contribution in [2.24, 2.45) is 0 Å². The van der Waals surface area contributed by atoms with E-state index in [1.807, 2.05) is 30.3 Å². The van der Waals surface area contributed by atoms with E-state index in [0.29, 0.717) is 11.3 Å². The molecular weight excluding hydrogens is 224 g/mol. The van der Waals surface area contributed by atoms with Gasteiger partial charge in [0.1, 0.15) is 0 Å². The molecule has 0 heterocycles. The van der Waals surface area contributed by atoms with Crippen molar-refractivity contribution >= 4 is 11.6 Å². The molecule has 3 heteroatoms. The highest BCUT2D eigenvalue weighted by Gasteiger charge is 2.07. The predicted molar refractivity (Wildman–Crippen MR) is 70.9 cm³/mol. The number of benzene rings is 2. The van der Waals surface area contributed by atoms with E-state index in [1.165, 1.54) is 6.92 Å². The molecule has 0 aliphatic heterocycles. The molecule has 0 atom stereocenters. The lowest BCUT2D eigenvalue weighted by Crippen LogP contribution is -2.07. The number of anilines is 1. The zero-order valence-electron chi connectivity index (χ0n) is 9.97. The molecule has 0 saturated heterocycles. The van der Waals surface area contributed by atoms with Crippen molar-refractivity contribution in [3.8, 4) is 17.2 Å². The lowest BCUT2D eigenvalue weighted by Gasteiger charge is -2.10. The van der Waals surface area contributed by atoms with Gasteiger partial charge in [-0.05, 0) is 23.8 Å². The maximum Gasteiger partial charge on any atom is 0.221 e. The predicted octanol–water partition coefficient (Wildman–Crippen LogP) is 3.18. The normalized spacial score (nSPS) is 9.56. The van der Waals surface area contributed by atoms with Gasteiger partial charge in [-0.1, -0.05) is 30.3 Å². The summed E-state index contributed by atoms with van der Waals surface area (Å²) in [5.74, 6) is -0.128. The maximum absolute atomic E-state index is 11.2. The Morgan fingerprint density at radius 3 is 2.50 bits per heavy atom. The third kappa shape index (κ3) is 2.55. The summed E-state index contributed by atoms with van der Waals surface area (Å²) in [6.07, 6.45) is 0. The standard InChI is InChI=1S/C15H12N2O/c1-11(18)17-15-8-7-12(10-16)9-14(15)13-5-3-2-4-6-13/h2-9H,1H3,(H,17,18). The van der Waals surface area contributed by atoms with E-state index in [0.717, 1.165) is 11.1 Å². The van der Waals surface area contributed by atoms with Gasteiger partial charge in [0.25, 0.3) is 0 Å². The number of carbonyl (C=O) groups excluding carboxylic acids is 1. The van der Waals surface area contributed by atoms with Crippen LogP contribution in [-0.2, 0) is 4.79 Å². The van der Waals surface area contributed by atoms with Crippen molar-refractivity contribution in [3.05, 3.63) is 54.1 Å². The van der Waals surface area contributed by atoms with E-state index >= 15 is 0 Å². The molecule has 0 spiro atoms. The van der Waals surface area contributed by atoms with Crippen LogP contribution in [0.1, 0.15) is 12.5 Å². The summed E-state index contributed by atoms with van der Waals surface area (Å²) in [7, 11) is 0. The Labute approximate surface area is 106 Å². The smallest absolute Gasteiger partial charge is 0.221 e. The van der Waals surface area contributed by atoms with Gasteiger partial charge >= 0.3 is 0 Å². The van der Waals surface area contributed by atoms with Crippen LogP contribution in [0.15, 0.2) is 48.5 Å². The first kappa shape index (κ1) is 11.9. The Kier molecular flexibility index (Phi) is 3.40. The van der Waals surface area contributed by atoms with Gasteiger partial charge in [0.15, 0.2) is 0 Å². The molecule has 2 aromatic carbocycles. The van der Waals surface area contributed by atoms with Crippen LogP contribution in [-0.4, -0.2) is 5.91 Å². The lowest BCUT2D eigenvalue weighted by atomic mass is 10.0. The number of nitriles is 1. The van der Waals surface area contributed by atoms with E-state index in [1.54, 1.807) is 18.2 Å². The SMILES string of the molecule is CC(=O)Nc1ccc(C#N)cc1-c1ccccc1. The second-order valence-electron chi connectivity index (χ2n) is 3.92. The summed E-state index contributed by atoms with van der Waals surface area (Å²) in [6, 6.07) is 17.0. The Morgan fingerprint density at radius 2 is 1.89 bits per heavy atom. The molecule has 0 unspecified atom stereocenters. The van der Waals surface area contributed by atoms with E-state index in [-0.39, 0.29) is 5.91 Å². The topological polar surface area (TPSA) is 52.9 Å². The third-order valence-corrected chi connectivity index (χ3v) is 2.54. The highest BCUT2D eigenvalue weighted by molar-refractivity contribution is 5.94. The Bertz CT molecular complexity index is 612. The van der Waals surface area contributed by atoms with Crippen LogP contribution in [0.3, 0.4) is 0 Å². The largest absolute Gasteiger partial charge is 0.326 e. The monoisotopic (exact) mass is 236 g/mol. The van der Waals surface area contributed by atoms with Gasteiger partial charge in [0.05, 0.1) is 11.6 Å². The molecule has 2 aromatic rings. The first-order chi connectivity index (χ1) is 8.70. The Morgan fingerprint density at radius 1 is 1.17 bits per heavy atom. The summed E-state index contributed by atoms with van der Waals surface area (Å²) in [5.41, 5.74) is 3.11. The van der Waals surface area contributed by atoms with Crippen LogP contribution in [0.5, 0.6) is 0 Å². The summed E-state index contributed by atoms with van der Waals surface area (Å²) in [6.45, 7) is 1.47. The molecule has 1 N–H and O–H groups in total. The van der Waals surface area contributed by atoms with Crippen molar-refractivity contribution in [1.82, 2.24) is 0 Å². The van der Waals surface area contributed by atoms with Crippen LogP contribution >= 0.6 is 0 Å². The second kappa shape index (κ2) is 5.15. The van der Waals surface area contributed by atoms with Crippen molar-refractivity contribution in [2.45, 2.75) is 6.92 Å². The van der Waals surface area contributed by atoms with Crippen LogP contribution in [0.4, 0.5) is 5.69 Å². The van der Waals surface area contributed by atoms with Gasteiger partial charge < -0.3 is 5.32 Å². The molecule has 3 nitrogen and oxygen atoms in total. The first-order valence-electron chi connectivity index (χ1n) is 5.58. The molecule has 88 valence electrons. The van der Waals surface area contributed by atoms with Crippen LogP contribution in [0, 0.1) is 11.3 Å². The fourth-order valence-electron chi connectivity index (χ4n) is 1.77. The molecule has 1 amide bonds. The lowest BCUT2D eigenvalue weighted by molar-refractivity contribution is -0.114. The number of hydrogen-bond donors (Lipinski definition) is 1. The fourth-order valence-corrected chi connectivity index (χ4v) is 1.77. The summed E-state index contributed by atoms with van der Waals surface area (Å²) < 4.78 is 0. The molecule has 0 saturated carbocycles. The summed E-state index contributed by atoms with van der Waals surface area (Å²) >= 11 is 0. The third-order valence-electron chi connectivity index (χ3n) is 2.54. The Hall–Kier alpha value is -2.60. The van der Waals surface area contributed by atoms with Gasteiger partial charge in [0.2, 0.25) is 5.91 Å². The first-order valence-corrected chi connectivity index (χ1v) is 5.58. The zero-order valence-corrected chi connectivity index (χ0v) is 9.97. The molecule has 0 aromatic heterocycles. The second-order valence-corrected chi connectivity index (χ2v) is 3.92. The highest BCUT2D eigenvalue weighted by atomic mass is 16.1. The van der Waals surface area contributed by atoms with Gasteiger partial charge in [-0.2, -0.15) is 5.26 Å². The summed E-state index contributed by atoms with van der Waals surface area (Å²) in [4.78, 5) is 11.2. The summed E-state index contributed by atoms with van der Waals surface area (Å²) in [5, 5.41) is 11.7. The average molecular weight is 236 g/mol. The van der Waals surface area contributed by atoms with Crippen LogP contribution < -0.4 is 5.32 Å². The minimum atomic E-state index is -0.128. The number of nitrogens with one attached hydrogen (secondary N) is 1. The van der Waals surface area contributed by atoms with Gasteiger partial charge in [-0.3, -0.25) is 4.79 Å². The van der Waals surface area contributed by atoms with Gasteiger partial charge in [-0.25, -0.2) is 0 Å². The zero-order chi connectivity index (χ0) is 13.0. The number of rotatable bonds is 2. The quantitative estimate of drug-likeness (QED) is 0.870. The maximum atomic E-state index is 11.2. The number of nitrogens with zero attached hydrogens (tertiary/aromatic N) is 1. The van der Waals surface area contributed by atoms with E-state index in [2.05, 4.69) is 11.4 Å². The van der Waals surface area contributed by atoms with E-state index in [4.69, 9.17) is 5.26 Å². The van der Waals surface area contributed by atoms with E-state index < -0.39 is 0 Å². The van der Waals surface area contributed by atoms with Crippen molar-refractivity contribution in [3.63, 3.8) is 0 Å².